The van der Waals surface area contributed by atoms with Crippen LogP contribution in [0.2, 0.25) is 0 Å². The highest BCUT2D eigenvalue weighted by Gasteiger charge is 2.12. The van der Waals surface area contributed by atoms with Gasteiger partial charge in [-0.3, -0.25) is 4.79 Å². The number of nitrogens with zero attached hydrogens (tertiary/aromatic N) is 1. The number of carbonyl (C=O) groups is 1. The van der Waals surface area contributed by atoms with E-state index in [0.717, 1.165) is 21.9 Å². The van der Waals surface area contributed by atoms with Gasteiger partial charge in [-0.05, 0) is 18.4 Å². The molecule has 21 heavy (non-hydrogen) atoms. The van der Waals surface area contributed by atoms with Crippen LogP contribution in [0.3, 0.4) is 0 Å². The Bertz CT molecular complexity index is 793. The molecule has 3 rings (SSSR count). The molecule has 0 atom stereocenters. The summed E-state index contributed by atoms with van der Waals surface area (Å²) in [7, 11) is 0. The topological polar surface area (TPSA) is 42.0 Å². The predicted molar refractivity (Wildman–Crippen MR) is 91.3 cm³/mol. The van der Waals surface area contributed by atoms with Crippen LogP contribution in [0.15, 0.2) is 42.5 Å². The van der Waals surface area contributed by atoms with Crippen LogP contribution in [0.25, 0.3) is 10.8 Å². The number of fused-ring (bicyclic) bond motifs is 1. The maximum atomic E-state index is 11.5. The third-order valence-electron chi connectivity index (χ3n) is 3.15. The SMILES string of the molecule is CC(=O)c1sc(Nc2cccc3ccccc23)nc1C.Cl. The Hall–Kier alpha value is -1.91. The first-order valence-electron chi connectivity index (χ1n) is 6.38. The maximum absolute atomic E-state index is 11.5. The Morgan fingerprint density at radius 1 is 1.14 bits per heavy atom. The zero-order chi connectivity index (χ0) is 14.1. The number of Topliss-reactive ketones (excluding diaryl/α,β-unsaturated/α-hetero) is 1. The van der Waals surface area contributed by atoms with Gasteiger partial charge in [0.2, 0.25) is 0 Å². The van der Waals surface area contributed by atoms with E-state index in [9.17, 15) is 4.79 Å². The van der Waals surface area contributed by atoms with Gasteiger partial charge in [0.25, 0.3) is 0 Å². The number of rotatable bonds is 3. The van der Waals surface area contributed by atoms with Crippen molar-refractivity contribution < 1.29 is 4.79 Å². The molecule has 2 aromatic carbocycles. The number of hydrogen-bond acceptors (Lipinski definition) is 4. The Labute approximate surface area is 133 Å². The summed E-state index contributed by atoms with van der Waals surface area (Å²) in [4.78, 5) is 16.6. The number of aryl methyl sites for hydroxylation is 1. The van der Waals surface area contributed by atoms with Crippen molar-refractivity contribution in [3.8, 4) is 0 Å². The molecule has 0 aliphatic heterocycles. The fourth-order valence-electron chi connectivity index (χ4n) is 2.23. The van der Waals surface area contributed by atoms with Crippen LogP contribution in [0.5, 0.6) is 0 Å². The number of benzene rings is 2. The van der Waals surface area contributed by atoms with Crippen LogP contribution in [-0.2, 0) is 0 Å². The third-order valence-corrected chi connectivity index (χ3v) is 4.32. The van der Waals surface area contributed by atoms with Gasteiger partial charge < -0.3 is 5.32 Å². The van der Waals surface area contributed by atoms with Gasteiger partial charge in [0.05, 0.1) is 10.6 Å². The van der Waals surface area contributed by atoms with Gasteiger partial charge in [0.1, 0.15) is 0 Å². The zero-order valence-electron chi connectivity index (χ0n) is 11.7. The van der Waals surface area contributed by atoms with Crippen molar-refractivity contribution >= 4 is 51.1 Å². The van der Waals surface area contributed by atoms with Crippen molar-refractivity contribution in [3.63, 3.8) is 0 Å². The number of hydrogen-bond donors (Lipinski definition) is 1. The van der Waals surface area contributed by atoms with Crippen LogP contribution in [0, 0.1) is 6.92 Å². The second-order valence-electron chi connectivity index (χ2n) is 4.64. The Kier molecular flexibility index (Phi) is 4.60. The van der Waals surface area contributed by atoms with Crippen LogP contribution >= 0.6 is 23.7 Å². The van der Waals surface area contributed by atoms with E-state index >= 15 is 0 Å². The van der Waals surface area contributed by atoms with Crippen molar-refractivity contribution in [1.82, 2.24) is 4.98 Å². The van der Waals surface area contributed by atoms with Gasteiger partial charge in [-0.15, -0.1) is 12.4 Å². The van der Waals surface area contributed by atoms with Gasteiger partial charge in [-0.1, -0.05) is 47.7 Å². The molecular formula is C16H15ClN2OS. The quantitative estimate of drug-likeness (QED) is 0.693. The Morgan fingerprint density at radius 2 is 1.86 bits per heavy atom. The first kappa shape index (κ1) is 15.5. The Balaban J connectivity index is 0.00000161. The molecule has 0 saturated heterocycles. The van der Waals surface area contributed by atoms with Crippen molar-refractivity contribution in [2.75, 3.05) is 5.32 Å². The largest absolute Gasteiger partial charge is 0.331 e. The standard InChI is InChI=1S/C16H14N2OS.ClH/c1-10-15(11(2)19)20-16(17-10)18-14-9-5-7-12-6-3-4-8-13(12)14;/h3-9H,1-2H3,(H,17,18);1H. The third kappa shape index (κ3) is 3.06. The van der Waals surface area contributed by atoms with E-state index in [1.165, 1.54) is 16.7 Å². The summed E-state index contributed by atoms with van der Waals surface area (Å²) in [5.74, 6) is 0.0611. The van der Waals surface area contributed by atoms with Gasteiger partial charge in [0, 0.05) is 18.0 Å². The summed E-state index contributed by atoms with van der Waals surface area (Å²) >= 11 is 1.40. The molecule has 0 saturated carbocycles. The minimum Gasteiger partial charge on any atom is -0.331 e. The molecule has 0 aliphatic carbocycles. The smallest absolute Gasteiger partial charge is 0.188 e. The first-order valence-corrected chi connectivity index (χ1v) is 7.20. The molecule has 0 fully saturated rings. The minimum atomic E-state index is 0. The molecule has 1 aromatic heterocycles. The number of aromatic nitrogens is 1. The normalized spacial score (nSPS) is 10.2. The summed E-state index contributed by atoms with van der Waals surface area (Å²) < 4.78 is 0. The average Bonchev–Trinajstić information content (AvgIpc) is 2.80. The lowest BCUT2D eigenvalue weighted by molar-refractivity contribution is 0.102. The summed E-state index contributed by atoms with van der Waals surface area (Å²) in [6.45, 7) is 3.43. The van der Waals surface area contributed by atoms with Gasteiger partial charge >= 0.3 is 0 Å². The van der Waals surface area contributed by atoms with Crippen molar-refractivity contribution in [2.45, 2.75) is 13.8 Å². The number of anilines is 2. The van der Waals surface area contributed by atoms with E-state index in [1.807, 2.05) is 31.2 Å². The second-order valence-corrected chi connectivity index (χ2v) is 5.64. The van der Waals surface area contributed by atoms with Crippen LogP contribution in [0.1, 0.15) is 22.3 Å². The summed E-state index contributed by atoms with van der Waals surface area (Å²) in [5, 5.41) is 6.40. The van der Waals surface area contributed by atoms with Gasteiger partial charge in [-0.25, -0.2) is 4.98 Å². The average molecular weight is 319 g/mol. The fourth-order valence-corrected chi connectivity index (χ4v) is 3.10. The lowest BCUT2D eigenvalue weighted by Gasteiger charge is -2.06. The Morgan fingerprint density at radius 3 is 2.57 bits per heavy atom. The molecule has 108 valence electrons. The predicted octanol–water partition coefficient (Wildman–Crippen LogP) is 4.97. The molecule has 0 unspecified atom stereocenters. The zero-order valence-corrected chi connectivity index (χ0v) is 13.3. The molecular weight excluding hydrogens is 304 g/mol. The highest BCUT2D eigenvalue weighted by atomic mass is 35.5. The molecule has 3 nitrogen and oxygen atoms in total. The number of halogens is 1. The summed E-state index contributed by atoms with van der Waals surface area (Å²) in [6, 6.07) is 14.3. The van der Waals surface area contributed by atoms with E-state index in [2.05, 4.69) is 28.5 Å². The maximum Gasteiger partial charge on any atom is 0.188 e. The molecule has 5 heteroatoms. The van der Waals surface area contributed by atoms with Crippen LogP contribution < -0.4 is 5.32 Å². The molecule has 1 N–H and O–H groups in total. The molecule has 0 aliphatic rings. The summed E-state index contributed by atoms with van der Waals surface area (Å²) in [5.41, 5.74) is 1.79. The highest BCUT2D eigenvalue weighted by molar-refractivity contribution is 7.17. The van der Waals surface area contributed by atoms with E-state index in [4.69, 9.17) is 0 Å². The monoisotopic (exact) mass is 318 g/mol. The van der Waals surface area contributed by atoms with Crippen LogP contribution in [0.4, 0.5) is 10.8 Å². The number of thiazole rings is 1. The highest BCUT2D eigenvalue weighted by Crippen LogP contribution is 2.30. The van der Waals surface area contributed by atoms with E-state index < -0.39 is 0 Å². The van der Waals surface area contributed by atoms with E-state index in [1.54, 1.807) is 6.92 Å². The molecule has 0 amide bonds. The molecule has 0 spiro atoms. The molecule has 1 heterocycles. The fraction of sp³-hybridized carbons (Fsp3) is 0.125. The molecule has 0 radical (unpaired) electrons. The van der Waals surface area contributed by atoms with Crippen molar-refractivity contribution in [2.24, 2.45) is 0 Å². The minimum absolute atomic E-state index is 0. The number of nitrogens with one attached hydrogen (secondary N) is 1. The summed E-state index contributed by atoms with van der Waals surface area (Å²) in [6.07, 6.45) is 0. The number of ketones is 1. The van der Waals surface area contributed by atoms with E-state index in [-0.39, 0.29) is 18.2 Å². The van der Waals surface area contributed by atoms with E-state index in [0.29, 0.717) is 4.88 Å². The second kappa shape index (κ2) is 6.24. The van der Waals surface area contributed by atoms with Gasteiger partial charge in [0.15, 0.2) is 10.9 Å². The molecule has 0 bridgehead atoms. The van der Waals surface area contributed by atoms with Gasteiger partial charge in [-0.2, -0.15) is 0 Å². The first-order chi connectivity index (χ1) is 9.65. The van der Waals surface area contributed by atoms with Crippen molar-refractivity contribution in [3.05, 3.63) is 53.0 Å². The lowest BCUT2D eigenvalue weighted by atomic mass is 10.1. The number of carbonyl (C=O) groups excluding carboxylic acids is 1. The molecule has 3 aromatic rings. The van der Waals surface area contributed by atoms with Crippen molar-refractivity contribution in [1.29, 1.82) is 0 Å². The van der Waals surface area contributed by atoms with Crippen LogP contribution in [-0.4, -0.2) is 10.8 Å². The lowest BCUT2D eigenvalue weighted by Crippen LogP contribution is -1.91.